The second-order valence-electron chi connectivity index (χ2n) is 7.69. The lowest BCUT2D eigenvalue weighted by molar-refractivity contribution is -0.136. The number of piperidine rings is 2. The van der Waals surface area contributed by atoms with Gasteiger partial charge in [-0.3, -0.25) is 14.4 Å². The third-order valence-electron chi connectivity index (χ3n) is 5.75. The molecular weight excluding hydrogens is 332 g/mol. The zero-order valence-corrected chi connectivity index (χ0v) is 15.3. The van der Waals surface area contributed by atoms with Crippen LogP contribution in [0.25, 0.3) is 0 Å². The number of hydrogen-bond acceptors (Lipinski definition) is 6. The summed E-state index contributed by atoms with van der Waals surface area (Å²) in [6.07, 6.45) is 8.00. The molecule has 2 aliphatic heterocycles. The average Bonchev–Trinajstić information content (AvgIpc) is 3.27. The third kappa shape index (κ3) is 3.62. The predicted molar refractivity (Wildman–Crippen MR) is 93.8 cm³/mol. The van der Waals surface area contributed by atoms with Crippen molar-refractivity contribution in [1.82, 2.24) is 39.8 Å². The molecule has 0 aromatic carbocycles. The summed E-state index contributed by atoms with van der Waals surface area (Å²) < 4.78 is 3.45. The fourth-order valence-corrected chi connectivity index (χ4v) is 4.48. The van der Waals surface area contributed by atoms with Gasteiger partial charge in [-0.1, -0.05) is 0 Å². The molecule has 9 nitrogen and oxygen atoms in total. The van der Waals surface area contributed by atoms with Crippen LogP contribution in [-0.2, 0) is 24.9 Å². The van der Waals surface area contributed by atoms with Gasteiger partial charge in [0.05, 0.1) is 5.69 Å². The minimum absolute atomic E-state index is 0.111. The number of likely N-dealkylation sites (tertiary alicyclic amines) is 2. The van der Waals surface area contributed by atoms with Gasteiger partial charge in [-0.2, -0.15) is 5.10 Å². The van der Waals surface area contributed by atoms with Crippen molar-refractivity contribution < 1.29 is 4.79 Å². The molecule has 2 aliphatic rings. The van der Waals surface area contributed by atoms with E-state index in [-0.39, 0.29) is 17.9 Å². The number of nitrogens with zero attached hydrogens (tertiary/aromatic N) is 8. The number of tetrazole rings is 1. The van der Waals surface area contributed by atoms with Gasteiger partial charge >= 0.3 is 0 Å². The van der Waals surface area contributed by atoms with Crippen LogP contribution in [0.4, 0.5) is 0 Å². The van der Waals surface area contributed by atoms with Crippen LogP contribution in [0.15, 0.2) is 18.6 Å². The molecule has 2 saturated heterocycles. The van der Waals surface area contributed by atoms with Crippen molar-refractivity contribution in [2.45, 2.75) is 38.8 Å². The van der Waals surface area contributed by atoms with Crippen LogP contribution in [0.1, 0.15) is 31.4 Å². The number of carbonyl (C=O) groups excluding carboxylic acids is 1. The van der Waals surface area contributed by atoms with Crippen molar-refractivity contribution in [2.24, 2.45) is 12.5 Å². The highest BCUT2D eigenvalue weighted by atomic mass is 16.2. The van der Waals surface area contributed by atoms with E-state index in [4.69, 9.17) is 0 Å². The lowest BCUT2D eigenvalue weighted by Crippen LogP contribution is -2.54. The first-order valence-corrected chi connectivity index (χ1v) is 9.31. The van der Waals surface area contributed by atoms with Gasteiger partial charge in [-0.05, 0) is 48.7 Å². The Kier molecular flexibility index (Phi) is 4.71. The summed E-state index contributed by atoms with van der Waals surface area (Å²) in [6.45, 7) is 5.00. The SMILES string of the molecule is Cn1nccc1CN1CCCC2(CCCN(C(=O)Cn3cnnn3)C2)C1. The molecule has 0 saturated carbocycles. The Morgan fingerprint density at radius 2 is 2.08 bits per heavy atom. The average molecular weight is 358 g/mol. The molecule has 1 spiro atoms. The minimum Gasteiger partial charge on any atom is -0.340 e. The maximum atomic E-state index is 12.7. The molecule has 2 fully saturated rings. The molecule has 4 rings (SSSR count). The maximum Gasteiger partial charge on any atom is 0.244 e. The Labute approximate surface area is 152 Å². The molecule has 0 radical (unpaired) electrons. The third-order valence-corrected chi connectivity index (χ3v) is 5.75. The van der Waals surface area contributed by atoms with E-state index in [0.717, 1.165) is 39.1 Å². The summed E-state index contributed by atoms with van der Waals surface area (Å²) in [4.78, 5) is 17.2. The first-order chi connectivity index (χ1) is 12.6. The van der Waals surface area contributed by atoms with Gasteiger partial charge in [0.2, 0.25) is 5.91 Å². The van der Waals surface area contributed by atoms with Gasteiger partial charge in [0.1, 0.15) is 12.9 Å². The lowest BCUT2D eigenvalue weighted by Gasteiger charge is -2.48. The van der Waals surface area contributed by atoms with Gasteiger partial charge in [0.25, 0.3) is 0 Å². The lowest BCUT2D eigenvalue weighted by atomic mass is 9.73. The smallest absolute Gasteiger partial charge is 0.244 e. The molecule has 0 bridgehead atoms. The molecule has 0 aliphatic carbocycles. The number of rotatable bonds is 4. The number of aryl methyl sites for hydroxylation is 1. The Balaban J connectivity index is 1.40. The fraction of sp³-hybridized carbons (Fsp3) is 0.706. The molecule has 1 atom stereocenters. The number of amides is 1. The molecule has 1 unspecified atom stereocenters. The topological polar surface area (TPSA) is 85.0 Å². The van der Waals surface area contributed by atoms with Gasteiger partial charge in [-0.25, -0.2) is 4.68 Å². The zero-order valence-electron chi connectivity index (χ0n) is 15.3. The van der Waals surface area contributed by atoms with Crippen LogP contribution in [0.5, 0.6) is 0 Å². The molecule has 140 valence electrons. The van der Waals surface area contributed by atoms with E-state index in [1.807, 2.05) is 22.8 Å². The monoisotopic (exact) mass is 358 g/mol. The Morgan fingerprint density at radius 1 is 1.23 bits per heavy atom. The number of aromatic nitrogens is 6. The summed E-state index contributed by atoms with van der Waals surface area (Å²) in [5.74, 6) is 0.111. The molecule has 2 aromatic heterocycles. The fourth-order valence-electron chi connectivity index (χ4n) is 4.48. The second kappa shape index (κ2) is 7.14. The van der Waals surface area contributed by atoms with Crippen LogP contribution in [0, 0.1) is 5.41 Å². The van der Waals surface area contributed by atoms with Crippen LogP contribution >= 0.6 is 0 Å². The molecule has 0 N–H and O–H groups in total. The standard InChI is InChI=1S/C17H26N8O/c1-22-15(4-7-19-22)10-23-8-2-5-17(12-23)6-3-9-24(13-17)16(26)11-25-14-18-20-21-25/h4,7,14H,2-3,5-6,8-13H2,1H3. The zero-order chi connectivity index (χ0) is 18.0. The van der Waals surface area contributed by atoms with E-state index in [2.05, 4.69) is 31.6 Å². The van der Waals surface area contributed by atoms with Gasteiger partial charge in [0, 0.05) is 44.8 Å². The van der Waals surface area contributed by atoms with Crippen molar-refractivity contribution in [2.75, 3.05) is 26.2 Å². The number of hydrogen-bond donors (Lipinski definition) is 0. The van der Waals surface area contributed by atoms with E-state index < -0.39 is 0 Å². The van der Waals surface area contributed by atoms with Crippen LogP contribution in [0.3, 0.4) is 0 Å². The van der Waals surface area contributed by atoms with Gasteiger partial charge in [0.15, 0.2) is 0 Å². The maximum absolute atomic E-state index is 12.7. The van der Waals surface area contributed by atoms with Crippen molar-refractivity contribution in [3.05, 3.63) is 24.3 Å². The van der Waals surface area contributed by atoms with Crippen molar-refractivity contribution in [3.63, 3.8) is 0 Å². The van der Waals surface area contributed by atoms with Crippen LogP contribution < -0.4 is 0 Å². The normalized spacial score (nSPS) is 24.3. The quantitative estimate of drug-likeness (QED) is 0.782. The Morgan fingerprint density at radius 3 is 2.81 bits per heavy atom. The van der Waals surface area contributed by atoms with Crippen LogP contribution in [0.2, 0.25) is 0 Å². The highest BCUT2D eigenvalue weighted by molar-refractivity contribution is 5.76. The molecule has 4 heterocycles. The first-order valence-electron chi connectivity index (χ1n) is 9.31. The molecule has 1 amide bonds. The van der Waals surface area contributed by atoms with Crippen molar-refractivity contribution >= 4 is 5.91 Å². The van der Waals surface area contributed by atoms with Crippen LogP contribution in [-0.4, -0.2) is 71.9 Å². The summed E-state index contributed by atoms with van der Waals surface area (Å²) in [7, 11) is 2.00. The molecule has 2 aromatic rings. The van der Waals surface area contributed by atoms with Crippen molar-refractivity contribution in [1.29, 1.82) is 0 Å². The first kappa shape index (κ1) is 17.1. The molecule has 26 heavy (non-hydrogen) atoms. The summed E-state index contributed by atoms with van der Waals surface area (Å²) in [5.41, 5.74) is 1.45. The summed E-state index contributed by atoms with van der Waals surface area (Å²) in [5, 5.41) is 15.3. The minimum atomic E-state index is 0.111. The predicted octanol–water partition coefficient (Wildman–Crippen LogP) is 0.311. The second-order valence-corrected chi connectivity index (χ2v) is 7.69. The molecule has 9 heteroatoms. The summed E-state index contributed by atoms with van der Waals surface area (Å²) in [6, 6.07) is 2.09. The molecular formula is C17H26N8O. The largest absolute Gasteiger partial charge is 0.340 e. The summed E-state index contributed by atoms with van der Waals surface area (Å²) >= 11 is 0. The van der Waals surface area contributed by atoms with E-state index in [1.165, 1.54) is 36.0 Å². The number of carbonyl (C=O) groups is 1. The van der Waals surface area contributed by atoms with E-state index >= 15 is 0 Å². The van der Waals surface area contributed by atoms with E-state index in [0.29, 0.717) is 0 Å². The highest BCUT2D eigenvalue weighted by Crippen LogP contribution is 2.38. The Bertz CT molecular complexity index is 738. The van der Waals surface area contributed by atoms with Crippen molar-refractivity contribution in [3.8, 4) is 0 Å². The highest BCUT2D eigenvalue weighted by Gasteiger charge is 2.40. The van der Waals surface area contributed by atoms with Gasteiger partial charge < -0.3 is 4.90 Å². The van der Waals surface area contributed by atoms with E-state index in [1.54, 1.807) is 0 Å². The Hall–Kier alpha value is -2.29. The van der Waals surface area contributed by atoms with Gasteiger partial charge in [-0.15, -0.1) is 5.10 Å². The van der Waals surface area contributed by atoms with E-state index in [9.17, 15) is 4.79 Å².